The maximum atomic E-state index is 14.9. The second-order valence-corrected chi connectivity index (χ2v) is 9.16. The van der Waals surface area contributed by atoms with Crippen LogP contribution in [0, 0.1) is 19.7 Å². The summed E-state index contributed by atoms with van der Waals surface area (Å²) in [4.78, 5) is 34.8. The van der Waals surface area contributed by atoms with Crippen molar-refractivity contribution in [3.63, 3.8) is 0 Å². The summed E-state index contributed by atoms with van der Waals surface area (Å²) < 4.78 is 48.4. The summed E-state index contributed by atoms with van der Waals surface area (Å²) in [6.07, 6.45) is 0.770. The molecule has 1 atom stereocenters. The van der Waals surface area contributed by atoms with Crippen LogP contribution >= 0.6 is 0 Å². The van der Waals surface area contributed by atoms with Gasteiger partial charge in [0.05, 0.1) is 11.4 Å². The van der Waals surface area contributed by atoms with E-state index in [4.69, 9.17) is 9.90 Å². The van der Waals surface area contributed by atoms with Crippen molar-refractivity contribution >= 4 is 34.8 Å². The maximum Gasteiger partial charge on any atom is 0.490 e. The maximum absolute atomic E-state index is 14.9. The average molecular weight is 538 g/mol. The van der Waals surface area contributed by atoms with E-state index < -0.39 is 18.0 Å². The number of aromatic nitrogens is 3. The Hall–Kier alpha value is -3.94. The van der Waals surface area contributed by atoms with Crippen molar-refractivity contribution in [3.8, 4) is 0 Å². The van der Waals surface area contributed by atoms with Gasteiger partial charge in [-0.2, -0.15) is 13.2 Å². The number of nitrogens with one attached hydrogen (secondary N) is 2. The number of anilines is 3. The zero-order valence-electron chi connectivity index (χ0n) is 20.9. The standard InChI is InChI=1S/C22H26FN7O.C2HF3O2/c1-13-10-28(9-7-24-13)18-4-6-25-21-16(18)5-8-30(21)22(31)27-17-12-29-11-14(2)26-20(29)15(3)19(17)23;3-2(4,5)1(6)7/h4,6,11-13,24H,5,7-10H2,1-3H3,(H,27,31);(H,6,7)/t13-;/m1./s1. The minimum Gasteiger partial charge on any atom is -0.475 e. The number of rotatable bonds is 2. The molecule has 2 amide bonds. The number of carboxylic acids is 1. The lowest BCUT2D eigenvalue weighted by atomic mass is 10.1. The number of carbonyl (C=O) groups excluding carboxylic acids is 1. The Labute approximate surface area is 215 Å². The van der Waals surface area contributed by atoms with Gasteiger partial charge in [-0.3, -0.25) is 4.90 Å². The van der Waals surface area contributed by atoms with Gasteiger partial charge in [0.25, 0.3) is 0 Å². The van der Waals surface area contributed by atoms with Crippen molar-refractivity contribution in [3.05, 3.63) is 47.3 Å². The van der Waals surface area contributed by atoms with Gasteiger partial charge in [0, 0.05) is 67.6 Å². The summed E-state index contributed by atoms with van der Waals surface area (Å²) in [6.45, 7) is 8.96. The summed E-state index contributed by atoms with van der Waals surface area (Å²) in [6, 6.07) is 2.05. The summed E-state index contributed by atoms with van der Waals surface area (Å²) in [7, 11) is 0. The van der Waals surface area contributed by atoms with Crippen LogP contribution in [0.1, 0.15) is 23.7 Å². The first-order valence-electron chi connectivity index (χ1n) is 11.9. The molecule has 0 saturated carbocycles. The monoisotopic (exact) mass is 537 g/mol. The fourth-order valence-corrected chi connectivity index (χ4v) is 4.58. The fourth-order valence-electron chi connectivity index (χ4n) is 4.58. The molecule has 0 aliphatic carbocycles. The Morgan fingerprint density at radius 3 is 2.58 bits per heavy atom. The van der Waals surface area contributed by atoms with Gasteiger partial charge in [0.1, 0.15) is 11.5 Å². The van der Waals surface area contributed by atoms with E-state index in [0.29, 0.717) is 29.6 Å². The van der Waals surface area contributed by atoms with E-state index in [0.717, 1.165) is 43.0 Å². The summed E-state index contributed by atoms with van der Waals surface area (Å²) in [5.74, 6) is -2.58. The normalized spacial score (nSPS) is 17.2. The number of imidazole rings is 1. The number of hydrogen-bond acceptors (Lipinski definition) is 6. The minimum atomic E-state index is -5.08. The quantitative estimate of drug-likeness (QED) is 0.429. The number of aryl methyl sites for hydroxylation is 2. The highest BCUT2D eigenvalue weighted by Crippen LogP contribution is 2.35. The Bertz CT molecular complexity index is 1380. The number of carboxylic acid groups (broad SMARTS) is 1. The molecule has 5 rings (SSSR count). The van der Waals surface area contributed by atoms with E-state index in [-0.39, 0.29) is 11.7 Å². The third-order valence-electron chi connectivity index (χ3n) is 6.31. The first-order chi connectivity index (χ1) is 17.9. The van der Waals surface area contributed by atoms with Crippen LogP contribution in [0.5, 0.6) is 0 Å². The highest BCUT2D eigenvalue weighted by Gasteiger charge is 2.38. The van der Waals surface area contributed by atoms with Crippen LogP contribution in [-0.4, -0.2) is 69.9 Å². The molecule has 2 aliphatic rings. The zero-order chi connectivity index (χ0) is 27.8. The molecule has 38 heavy (non-hydrogen) atoms. The second kappa shape index (κ2) is 10.4. The molecular weight excluding hydrogens is 510 g/mol. The summed E-state index contributed by atoms with van der Waals surface area (Å²) >= 11 is 0. The molecule has 0 radical (unpaired) electrons. The fraction of sp³-hybridized carbons (Fsp3) is 0.417. The number of nitrogens with zero attached hydrogens (tertiary/aromatic N) is 5. The Balaban J connectivity index is 0.000000426. The number of piperazine rings is 1. The first kappa shape index (κ1) is 27.1. The third-order valence-corrected chi connectivity index (χ3v) is 6.31. The Morgan fingerprint density at radius 1 is 1.21 bits per heavy atom. The van der Waals surface area contributed by atoms with E-state index >= 15 is 0 Å². The molecule has 10 nitrogen and oxygen atoms in total. The lowest BCUT2D eigenvalue weighted by Crippen LogP contribution is -2.49. The molecule has 5 heterocycles. The van der Waals surface area contributed by atoms with Crippen molar-refractivity contribution in [2.75, 3.05) is 41.3 Å². The number of carbonyl (C=O) groups is 2. The molecule has 0 aromatic carbocycles. The highest BCUT2D eigenvalue weighted by molar-refractivity contribution is 6.03. The number of alkyl halides is 3. The molecule has 14 heteroatoms. The van der Waals surface area contributed by atoms with Crippen LogP contribution in [0.25, 0.3) is 5.65 Å². The van der Waals surface area contributed by atoms with Crippen LogP contribution in [0.2, 0.25) is 0 Å². The van der Waals surface area contributed by atoms with Crippen molar-refractivity contribution in [2.24, 2.45) is 0 Å². The van der Waals surface area contributed by atoms with Crippen LogP contribution in [-0.2, 0) is 11.2 Å². The topological polar surface area (TPSA) is 115 Å². The molecule has 204 valence electrons. The van der Waals surface area contributed by atoms with Gasteiger partial charge in [-0.1, -0.05) is 0 Å². The molecule has 3 N–H and O–H groups in total. The number of aliphatic carboxylic acids is 1. The smallest absolute Gasteiger partial charge is 0.475 e. The minimum absolute atomic E-state index is 0.132. The largest absolute Gasteiger partial charge is 0.490 e. The van der Waals surface area contributed by atoms with Gasteiger partial charge in [-0.15, -0.1) is 0 Å². The molecule has 2 aliphatic heterocycles. The van der Waals surface area contributed by atoms with E-state index in [1.807, 2.05) is 19.2 Å². The molecule has 3 aromatic rings. The SMILES string of the molecule is Cc1cn2cc(NC(=O)N3CCc4c(N5CCN[C@H](C)C5)ccnc43)c(F)c(C)c2n1.O=C(O)C(F)(F)F. The predicted octanol–water partition coefficient (Wildman–Crippen LogP) is 3.51. The van der Waals surface area contributed by atoms with Crippen LogP contribution in [0.3, 0.4) is 0 Å². The van der Waals surface area contributed by atoms with Gasteiger partial charge in [-0.25, -0.2) is 23.9 Å². The van der Waals surface area contributed by atoms with Gasteiger partial charge >= 0.3 is 18.2 Å². The van der Waals surface area contributed by atoms with E-state index in [1.165, 1.54) is 0 Å². The Morgan fingerprint density at radius 2 is 1.92 bits per heavy atom. The van der Waals surface area contributed by atoms with Gasteiger partial charge in [0.15, 0.2) is 5.82 Å². The van der Waals surface area contributed by atoms with Gasteiger partial charge in [0.2, 0.25) is 0 Å². The average Bonchev–Trinajstić information content (AvgIpc) is 3.45. The van der Waals surface area contributed by atoms with Crippen molar-refractivity contribution in [2.45, 2.75) is 39.4 Å². The lowest BCUT2D eigenvalue weighted by Gasteiger charge is -2.34. The number of halogens is 4. The second-order valence-electron chi connectivity index (χ2n) is 9.16. The molecular formula is C24H27F4N7O3. The van der Waals surface area contributed by atoms with Crippen molar-refractivity contribution < 1.29 is 32.3 Å². The zero-order valence-corrected chi connectivity index (χ0v) is 20.9. The molecule has 0 spiro atoms. The van der Waals surface area contributed by atoms with Crippen LogP contribution in [0.15, 0.2) is 24.7 Å². The predicted molar refractivity (Wildman–Crippen MR) is 132 cm³/mol. The summed E-state index contributed by atoms with van der Waals surface area (Å²) in [5, 5.41) is 13.3. The molecule has 1 saturated heterocycles. The van der Waals surface area contributed by atoms with Gasteiger partial charge in [-0.05, 0) is 33.3 Å². The number of urea groups is 1. The number of pyridine rings is 2. The third kappa shape index (κ3) is 5.49. The van der Waals surface area contributed by atoms with Gasteiger partial charge < -0.3 is 25.0 Å². The number of hydrogen-bond donors (Lipinski definition) is 3. The van der Waals surface area contributed by atoms with Crippen molar-refractivity contribution in [1.82, 2.24) is 19.7 Å². The van der Waals surface area contributed by atoms with E-state index in [1.54, 1.807) is 28.6 Å². The van der Waals surface area contributed by atoms with E-state index in [2.05, 4.69) is 32.4 Å². The van der Waals surface area contributed by atoms with Crippen LogP contribution in [0.4, 0.5) is 39.5 Å². The number of amides is 2. The molecule has 0 unspecified atom stereocenters. The lowest BCUT2D eigenvalue weighted by molar-refractivity contribution is -0.192. The van der Waals surface area contributed by atoms with Crippen LogP contribution < -0.4 is 20.4 Å². The Kier molecular flexibility index (Phi) is 7.44. The molecule has 1 fully saturated rings. The highest BCUT2D eigenvalue weighted by atomic mass is 19.4. The van der Waals surface area contributed by atoms with E-state index in [9.17, 15) is 22.4 Å². The first-order valence-corrected chi connectivity index (χ1v) is 11.9. The summed E-state index contributed by atoms with van der Waals surface area (Å²) in [5.41, 5.74) is 4.08. The van der Waals surface area contributed by atoms with Crippen molar-refractivity contribution in [1.29, 1.82) is 0 Å². The molecule has 3 aromatic heterocycles. The molecule has 0 bridgehead atoms. The number of fused-ring (bicyclic) bond motifs is 2.